The Morgan fingerprint density at radius 2 is 2.06 bits per heavy atom. The maximum atomic E-state index is 12.8. The van der Waals surface area contributed by atoms with E-state index in [2.05, 4.69) is 20.9 Å². The maximum absolute atomic E-state index is 12.8. The van der Waals surface area contributed by atoms with E-state index < -0.39 is 11.8 Å². The fourth-order valence-corrected chi connectivity index (χ4v) is 1.10. The smallest absolute Gasteiger partial charge is 0.306 e. The molecule has 6 nitrogen and oxygen atoms in total. The van der Waals surface area contributed by atoms with Crippen LogP contribution < -0.4 is 10.7 Å². The van der Waals surface area contributed by atoms with E-state index in [9.17, 15) is 9.18 Å². The Morgan fingerprint density at radius 3 is 2.75 bits per heavy atom. The van der Waals surface area contributed by atoms with E-state index in [1.165, 1.54) is 35.5 Å². The molecule has 2 aromatic rings. The average molecular weight is 221 g/mol. The summed E-state index contributed by atoms with van der Waals surface area (Å²) < 4.78 is 14.1. The molecule has 82 valence electrons. The molecule has 0 atom stereocenters. The fourth-order valence-electron chi connectivity index (χ4n) is 1.10. The number of rotatable bonds is 2. The van der Waals surface area contributed by atoms with Gasteiger partial charge < -0.3 is 5.32 Å². The number of benzene rings is 1. The van der Waals surface area contributed by atoms with Crippen molar-refractivity contribution < 1.29 is 9.18 Å². The van der Waals surface area contributed by atoms with Gasteiger partial charge in [-0.25, -0.2) is 19.3 Å². The van der Waals surface area contributed by atoms with Crippen LogP contribution in [0.5, 0.6) is 0 Å². The Labute approximate surface area is 90.1 Å². The van der Waals surface area contributed by atoms with Gasteiger partial charge >= 0.3 is 6.03 Å². The standard InChI is InChI=1S/C9H8FN5O/c10-7-2-1-3-8(4-7)13-9(16)14-15-5-11-12-6-15/h1-6H,(H2,13,14,16). The summed E-state index contributed by atoms with van der Waals surface area (Å²) in [6.07, 6.45) is 2.65. The van der Waals surface area contributed by atoms with Crippen LogP contribution in [0.15, 0.2) is 36.9 Å². The van der Waals surface area contributed by atoms with E-state index in [4.69, 9.17) is 0 Å². The molecular weight excluding hydrogens is 213 g/mol. The molecule has 0 spiro atoms. The van der Waals surface area contributed by atoms with Gasteiger partial charge in [0, 0.05) is 5.69 Å². The summed E-state index contributed by atoms with van der Waals surface area (Å²) in [5, 5.41) is 9.47. The van der Waals surface area contributed by atoms with Gasteiger partial charge in [-0.3, -0.25) is 0 Å². The van der Waals surface area contributed by atoms with Gasteiger partial charge in [-0.1, -0.05) is 6.07 Å². The molecule has 0 unspecified atom stereocenters. The topological polar surface area (TPSA) is 71.8 Å². The molecule has 0 bridgehead atoms. The van der Waals surface area contributed by atoms with E-state index in [-0.39, 0.29) is 0 Å². The highest BCUT2D eigenvalue weighted by molar-refractivity contribution is 5.94. The lowest BCUT2D eigenvalue weighted by Crippen LogP contribution is -2.26. The number of nitrogens with one attached hydrogen (secondary N) is 2. The largest absolute Gasteiger partial charge is 0.338 e. The Morgan fingerprint density at radius 1 is 1.31 bits per heavy atom. The Kier molecular flexibility index (Phi) is 2.77. The maximum Gasteiger partial charge on any atom is 0.338 e. The Hall–Kier alpha value is -2.44. The third-order valence-corrected chi connectivity index (χ3v) is 1.73. The van der Waals surface area contributed by atoms with E-state index >= 15 is 0 Å². The zero-order valence-corrected chi connectivity index (χ0v) is 8.09. The number of hydrogen-bond acceptors (Lipinski definition) is 3. The van der Waals surface area contributed by atoms with Gasteiger partial charge in [0.1, 0.15) is 18.5 Å². The molecule has 0 aliphatic carbocycles. The van der Waals surface area contributed by atoms with Gasteiger partial charge in [0.05, 0.1) is 0 Å². The van der Waals surface area contributed by atoms with Gasteiger partial charge in [0.2, 0.25) is 0 Å². The van der Waals surface area contributed by atoms with Crippen LogP contribution in [0, 0.1) is 5.82 Å². The Balaban J connectivity index is 1.97. The highest BCUT2D eigenvalue weighted by atomic mass is 19.1. The van der Waals surface area contributed by atoms with Crippen LogP contribution in [0.4, 0.5) is 14.9 Å². The van der Waals surface area contributed by atoms with E-state index in [0.29, 0.717) is 5.69 Å². The van der Waals surface area contributed by atoms with Crippen molar-refractivity contribution in [3.63, 3.8) is 0 Å². The molecule has 16 heavy (non-hydrogen) atoms. The van der Waals surface area contributed by atoms with E-state index in [1.807, 2.05) is 0 Å². The summed E-state index contributed by atoms with van der Waals surface area (Å²) in [4.78, 5) is 11.4. The first-order chi connectivity index (χ1) is 7.74. The molecular formula is C9H8FN5O. The highest BCUT2D eigenvalue weighted by Crippen LogP contribution is 2.08. The zero-order valence-electron chi connectivity index (χ0n) is 8.09. The number of carbonyl (C=O) groups excluding carboxylic acids is 1. The third-order valence-electron chi connectivity index (χ3n) is 1.73. The van der Waals surface area contributed by atoms with Crippen molar-refractivity contribution in [3.8, 4) is 0 Å². The second-order valence-electron chi connectivity index (χ2n) is 2.95. The summed E-state index contributed by atoms with van der Waals surface area (Å²) in [6.45, 7) is 0. The summed E-state index contributed by atoms with van der Waals surface area (Å²) in [5.41, 5.74) is 2.78. The number of urea groups is 1. The number of halogens is 1. The van der Waals surface area contributed by atoms with Crippen LogP contribution in [0.3, 0.4) is 0 Å². The lowest BCUT2D eigenvalue weighted by molar-refractivity contribution is 0.259. The Bertz CT molecular complexity index is 484. The van der Waals surface area contributed by atoms with Crippen LogP contribution in [-0.2, 0) is 0 Å². The average Bonchev–Trinajstić information content (AvgIpc) is 2.70. The SMILES string of the molecule is O=C(Nc1cccc(F)c1)Nn1cnnc1. The van der Waals surface area contributed by atoms with Crippen molar-refractivity contribution in [1.29, 1.82) is 0 Å². The zero-order chi connectivity index (χ0) is 11.4. The molecule has 1 heterocycles. The molecule has 2 rings (SSSR count). The number of aromatic nitrogens is 3. The first kappa shape index (κ1) is 10.1. The number of nitrogens with zero attached hydrogens (tertiary/aromatic N) is 3. The molecule has 0 fully saturated rings. The molecule has 0 saturated heterocycles. The molecule has 0 saturated carbocycles. The number of amides is 2. The van der Waals surface area contributed by atoms with Crippen LogP contribution in [0.1, 0.15) is 0 Å². The summed E-state index contributed by atoms with van der Waals surface area (Å²) >= 11 is 0. The second kappa shape index (κ2) is 4.39. The second-order valence-corrected chi connectivity index (χ2v) is 2.95. The molecule has 0 aliphatic heterocycles. The van der Waals surface area contributed by atoms with E-state index in [0.717, 1.165) is 0 Å². The van der Waals surface area contributed by atoms with Crippen LogP contribution >= 0.6 is 0 Å². The van der Waals surface area contributed by atoms with Gasteiger partial charge in [0.25, 0.3) is 0 Å². The molecule has 1 aromatic carbocycles. The van der Waals surface area contributed by atoms with Crippen LogP contribution in [-0.4, -0.2) is 20.9 Å². The van der Waals surface area contributed by atoms with Crippen LogP contribution in [0.2, 0.25) is 0 Å². The summed E-state index contributed by atoms with van der Waals surface area (Å²) in [7, 11) is 0. The molecule has 2 N–H and O–H groups in total. The van der Waals surface area contributed by atoms with Crippen molar-refractivity contribution in [2.24, 2.45) is 0 Å². The van der Waals surface area contributed by atoms with E-state index in [1.54, 1.807) is 6.07 Å². The van der Waals surface area contributed by atoms with Gasteiger partial charge in [-0.05, 0) is 18.2 Å². The number of carbonyl (C=O) groups is 1. The fraction of sp³-hybridized carbons (Fsp3) is 0. The molecule has 2 amide bonds. The lowest BCUT2D eigenvalue weighted by atomic mass is 10.3. The van der Waals surface area contributed by atoms with Crippen LogP contribution in [0.25, 0.3) is 0 Å². The van der Waals surface area contributed by atoms with Crippen molar-refractivity contribution in [2.75, 3.05) is 10.7 Å². The quantitative estimate of drug-likeness (QED) is 0.800. The third kappa shape index (κ3) is 2.53. The molecule has 1 aromatic heterocycles. The molecule has 0 radical (unpaired) electrons. The molecule has 0 aliphatic rings. The summed E-state index contributed by atoms with van der Waals surface area (Å²) in [6, 6.07) is 5.08. The first-order valence-corrected chi connectivity index (χ1v) is 4.42. The number of hydrogen-bond donors (Lipinski definition) is 2. The highest BCUT2D eigenvalue weighted by Gasteiger charge is 2.02. The first-order valence-electron chi connectivity index (χ1n) is 4.42. The van der Waals surface area contributed by atoms with Gasteiger partial charge in [0.15, 0.2) is 0 Å². The van der Waals surface area contributed by atoms with Crippen molar-refractivity contribution in [1.82, 2.24) is 14.9 Å². The minimum atomic E-state index is -0.509. The van der Waals surface area contributed by atoms with Gasteiger partial charge in [-0.2, -0.15) is 0 Å². The van der Waals surface area contributed by atoms with Crippen molar-refractivity contribution in [2.45, 2.75) is 0 Å². The minimum Gasteiger partial charge on any atom is -0.306 e. The van der Waals surface area contributed by atoms with Crippen molar-refractivity contribution >= 4 is 11.7 Å². The summed E-state index contributed by atoms with van der Waals surface area (Å²) in [5.74, 6) is -0.415. The minimum absolute atomic E-state index is 0.366. The number of anilines is 1. The normalized spacial score (nSPS) is 9.81. The molecule has 7 heteroatoms. The predicted molar refractivity (Wildman–Crippen MR) is 54.8 cm³/mol. The lowest BCUT2D eigenvalue weighted by Gasteiger charge is -2.06. The van der Waals surface area contributed by atoms with Crippen molar-refractivity contribution in [3.05, 3.63) is 42.7 Å². The van der Waals surface area contributed by atoms with Gasteiger partial charge in [-0.15, -0.1) is 10.2 Å². The predicted octanol–water partition coefficient (Wildman–Crippen LogP) is 1.19. The monoisotopic (exact) mass is 221 g/mol.